The third-order valence-electron chi connectivity index (χ3n) is 3.97. The molecule has 0 saturated carbocycles. The van der Waals surface area contributed by atoms with Crippen LogP contribution in [0.3, 0.4) is 0 Å². The summed E-state index contributed by atoms with van der Waals surface area (Å²) in [7, 11) is 1.78. The summed E-state index contributed by atoms with van der Waals surface area (Å²) in [6, 6.07) is 16.6. The Hall–Kier alpha value is -2.66. The molecule has 2 rings (SSSR count). The summed E-state index contributed by atoms with van der Waals surface area (Å²) in [5, 5.41) is 5.81. The molecule has 5 heteroatoms. The first-order valence-electron chi connectivity index (χ1n) is 8.79. The number of amides is 2. The van der Waals surface area contributed by atoms with Crippen molar-refractivity contribution in [2.45, 2.75) is 32.9 Å². The lowest BCUT2D eigenvalue weighted by atomic mass is 10.0. The van der Waals surface area contributed by atoms with Crippen molar-refractivity contribution in [3.63, 3.8) is 0 Å². The van der Waals surface area contributed by atoms with E-state index in [-0.39, 0.29) is 24.4 Å². The Kier molecular flexibility index (Phi) is 6.92. The lowest BCUT2D eigenvalue weighted by Crippen LogP contribution is -2.43. The monoisotopic (exact) mass is 353 g/mol. The molecular formula is C21H27N3O2. The lowest BCUT2D eigenvalue weighted by molar-refractivity contribution is -0.125. The van der Waals surface area contributed by atoms with Crippen LogP contribution in [0.2, 0.25) is 0 Å². The number of carbonyl (C=O) groups is 2. The van der Waals surface area contributed by atoms with Crippen molar-refractivity contribution < 1.29 is 9.59 Å². The highest BCUT2D eigenvalue weighted by atomic mass is 16.2. The van der Waals surface area contributed by atoms with Gasteiger partial charge in [0.05, 0.1) is 6.54 Å². The Balaban J connectivity index is 2.19. The summed E-state index contributed by atoms with van der Waals surface area (Å²) < 4.78 is 0. The summed E-state index contributed by atoms with van der Waals surface area (Å²) in [6.07, 6.45) is 0. The van der Waals surface area contributed by atoms with Gasteiger partial charge in [-0.2, -0.15) is 0 Å². The largest absolute Gasteiger partial charge is 0.353 e. The molecule has 0 heterocycles. The van der Waals surface area contributed by atoms with E-state index >= 15 is 0 Å². The minimum absolute atomic E-state index is 0.0625. The van der Waals surface area contributed by atoms with Crippen LogP contribution in [0, 0.1) is 6.92 Å². The maximum atomic E-state index is 13.0. The van der Waals surface area contributed by atoms with Crippen molar-refractivity contribution in [3.05, 3.63) is 65.7 Å². The normalized spacial score (nSPS) is 12.1. The molecule has 26 heavy (non-hydrogen) atoms. The molecular weight excluding hydrogens is 326 g/mol. The van der Waals surface area contributed by atoms with Crippen LogP contribution < -0.4 is 10.6 Å². The van der Waals surface area contributed by atoms with Crippen molar-refractivity contribution in [1.29, 1.82) is 0 Å². The number of benzene rings is 2. The van der Waals surface area contributed by atoms with Gasteiger partial charge in [0.1, 0.15) is 6.04 Å². The number of rotatable bonds is 7. The fraction of sp³-hybridized carbons (Fsp3) is 0.333. The van der Waals surface area contributed by atoms with Gasteiger partial charge < -0.3 is 10.6 Å². The van der Waals surface area contributed by atoms with Crippen LogP contribution in [0.5, 0.6) is 0 Å². The fourth-order valence-corrected chi connectivity index (χ4v) is 2.77. The SMILES string of the molecule is Cc1ccc(NC(=O)[C@H](c2ccccc2)N(C)CC(=O)NC(C)C)cc1. The Labute approximate surface area is 155 Å². The zero-order valence-corrected chi connectivity index (χ0v) is 15.8. The van der Waals surface area contributed by atoms with Gasteiger partial charge in [-0.25, -0.2) is 0 Å². The van der Waals surface area contributed by atoms with Crippen molar-refractivity contribution in [1.82, 2.24) is 10.2 Å². The third kappa shape index (κ3) is 5.70. The van der Waals surface area contributed by atoms with Gasteiger partial charge in [0.2, 0.25) is 11.8 Å². The van der Waals surface area contributed by atoms with Gasteiger partial charge in [-0.15, -0.1) is 0 Å². The summed E-state index contributed by atoms with van der Waals surface area (Å²) in [5.41, 5.74) is 2.71. The Morgan fingerprint density at radius 1 is 1.00 bits per heavy atom. The summed E-state index contributed by atoms with van der Waals surface area (Å²) in [4.78, 5) is 26.9. The van der Waals surface area contributed by atoms with Gasteiger partial charge >= 0.3 is 0 Å². The van der Waals surface area contributed by atoms with E-state index in [0.29, 0.717) is 0 Å². The van der Waals surface area contributed by atoms with Crippen molar-refractivity contribution in [3.8, 4) is 0 Å². The molecule has 0 aliphatic carbocycles. The summed E-state index contributed by atoms with van der Waals surface area (Å²) >= 11 is 0. The second kappa shape index (κ2) is 9.15. The first kappa shape index (κ1) is 19.7. The molecule has 0 saturated heterocycles. The molecule has 0 radical (unpaired) electrons. The van der Waals surface area contributed by atoms with E-state index in [1.54, 1.807) is 11.9 Å². The molecule has 0 unspecified atom stereocenters. The van der Waals surface area contributed by atoms with E-state index in [0.717, 1.165) is 16.8 Å². The topological polar surface area (TPSA) is 61.4 Å². The van der Waals surface area contributed by atoms with Gasteiger partial charge in [-0.3, -0.25) is 14.5 Å². The van der Waals surface area contributed by atoms with Crippen LogP contribution in [-0.4, -0.2) is 36.3 Å². The molecule has 2 aromatic carbocycles. The number of hydrogen-bond acceptors (Lipinski definition) is 3. The van der Waals surface area contributed by atoms with Crippen LogP contribution >= 0.6 is 0 Å². The van der Waals surface area contributed by atoms with Crippen LogP contribution in [0.15, 0.2) is 54.6 Å². The Bertz CT molecular complexity index is 727. The minimum Gasteiger partial charge on any atom is -0.353 e. The Morgan fingerprint density at radius 2 is 1.62 bits per heavy atom. The Morgan fingerprint density at radius 3 is 2.19 bits per heavy atom. The molecule has 0 bridgehead atoms. The van der Waals surface area contributed by atoms with Gasteiger partial charge in [0.25, 0.3) is 0 Å². The molecule has 0 fully saturated rings. The lowest BCUT2D eigenvalue weighted by Gasteiger charge is -2.27. The number of anilines is 1. The van der Waals surface area contributed by atoms with E-state index < -0.39 is 6.04 Å². The second-order valence-electron chi connectivity index (χ2n) is 6.81. The number of likely N-dealkylation sites (N-methyl/N-ethyl adjacent to an activating group) is 1. The predicted molar refractivity (Wildman–Crippen MR) is 105 cm³/mol. The first-order chi connectivity index (χ1) is 12.4. The van der Waals surface area contributed by atoms with Crippen molar-refractivity contribution in [2.24, 2.45) is 0 Å². The molecule has 5 nitrogen and oxygen atoms in total. The van der Waals surface area contributed by atoms with Crippen molar-refractivity contribution >= 4 is 17.5 Å². The highest BCUT2D eigenvalue weighted by Gasteiger charge is 2.26. The average Bonchev–Trinajstić information content (AvgIpc) is 2.57. The molecule has 0 aliphatic rings. The molecule has 0 spiro atoms. The second-order valence-corrected chi connectivity index (χ2v) is 6.81. The fourth-order valence-electron chi connectivity index (χ4n) is 2.77. The van der Waals surface area contributed by atoms with E-state index in [1.807, 2.05) is 75.4 Å². The zero-order valence-electron chi connectivity index (χ0n) is 15.8. The highest BCUT2D eigenvalue weighted by Crippen LogP contribution is 2.21. The number of nitrogens with one attached hydrogen (secondary N) is 2. The van der Waals surface area contributed by atoms with Gasteiger partial charge in [-0.1, -0.05) is 48.0 Å². The van der Waals surface area contributed by atoms with E-state index in [4.69, 9.17) is 0 Å². The standard InChI is InChI=1S/C21H27N3O2/c1-15(2)22-19(25)14-24(4)20(17-8-6-5-7-9-17)21(26)23-18-12-10-16(3)11-13-18/h5-13,15,20H,14H2,1-4H3,(H,22,25)(H,23,26)/t20-/m0/s1. The highest BCUT2D eigenvalue weighted by molar-refractivity contribution is 5.96. The maximum Gasteiger partial charge on any atom is 0.246 e. The molecule has 138 valence electrons. The number of carbonyl (C=O) groups excluding carboxylic acids is 2. The molecule has 0 aliphatic heterocycles. The van der Waals surface area contributed by atoms with Crippen LogP contribution in [0.1, 0.15) is 31.0 Å². The van der Waals surface area contributed by atoms with Crippen LogP contribution in [0.4, 0.5) is 5.69 Å². The first-order valence-corrected chi connectivity index (χ1v) is 8.79. The molecule has 2 aromatic rings. The van der Waals surface area contributed by atoms with Crippen molar-refractivity contribution in [2.75, 3.05) is 18.9 Å². The zero-order chi connectivity index (χ0) is 19.1. The molecule has 0 aromatic heterocycles. The van der Waals surface area contributed by atoms with E-state index in [9.17, 15) is 9.59 Å². The number of aryl methyl sites for hydroxylation is 1. The average molecular weight is 353 g/mol. The predicted octanol–water partition coefficient (Wildman–Crippen LogP) is 3.13. The summed E-state index contributed by atoms with van der Waals surface area (Å²) in [5.74, 6) is -0.272. The van der Waals surface area contributed by atoms with Gasteiger partial charge in [0.15, 0.2) is 0 Å². The molecule has 2 amide bonds. The maximum absolute atomic E-state index is 13.0. The minimum atomic E-state index is -0.560. The van der Waals surface area contributed by atoms with E-state index in [1.165, 1.54) is 0 Å². The van der Waals surface area contributed by atoms with Crippen LogP contribution in [0.25, 0.3) is 0 Å². The smallest absolute Gasteiger partial charge is 0.246 e. The van der Waals surface area contributed by atoms with Crippen LogP contribution in [-0.2, 0) is 9.59 Å². The summed E-state index contributed by atoms with van der Waals surface area (Å²) in [6.45, 7) is 5.96. The molecule has 2 N–H and O–H groups in total. The van der Waals surface area contributed by atoms with E-state index in [2.05, 4.69) is 10.6 Å². The quantitative estimate of drug-likeness (QED) is 0.804. The van der Waals surface area contributed by atoms with Gasteiger partial charge in [0, 0.05) is 11.7 Å². The number of hydrogen-bond donors (Lipinski definition) is 2. The molecule has 1 atom stereocenters. The van der Waals surface area contributed by atoms with Gasteiger partial charge in [-0.05, 0) is 45.5 Å². The third-order valence-corrected chi connectivity index (χ3v) is 3.97. The number of nitrogens with zero attached hydrogens (tertiary/aromatic N) is 1.